The highest BCUT2D eigenvalue weighted by molar-refractivity contribution is 6.33. The van der Waals surface area contributed by atoms with E-state index in [1.807, 2.05) is 26.0 Å². The van der Waals surface area contributed by atoms with E-state index in [0.717, 1.165) is 16.7 Å². The largest absolute Gasteiger partial charge is 0.457 e. The Balaban J connectivity index is 2.06. The Hall–Kier alpha value is -2.00. The number of ether oxygens (including phenoxy) is 1. The molecule has 0 heterocycles. The lowest BCUT2D eigenvalue weighted by Gasteiger charge is -2.08. The van der Waals surface area contributed by atoms with Gasteiger partial charge in [-0.1, -0.05) is 40.9 Å². The van der Waals surface area contributed by atoms with Crippen LogP contribution in [0.5, 0.6) is 0 Å². The normalized spacial score (nSPS) is 10.3. The summed E-state index contributed by atoms with van der Waals surface area (Å²) in [5.74, 6) is -0.411. The van der Waals surface area contributed by atoms with Crippen LogP contribution in [0.2, 0.25) is 5.02 Å². The van der Waals surface area contributed by atoms with Crippen LogP contribution in [0.3, 0.4) is 0 Å². The first-order chi connectivity index (χ1) is 9.45. The summed E-state index contributed by atoms with van der Waals surface area (Å²) in [5.41, 5.74) is 9.70. The van der Waals surface area contributed by atoms with E-state index >= 15 is 0 Å². The first-order valence-corrected chi connectivity index (χ1v) is 6.63. The van der Waals surface area contributed by atoms with Crippen LogP contribution in [0.25, 0.3) is 0 Å². The molecule has 0 saturated heterocycles. The van der Waals surface area contributed by atoms with Crippen LogP contribution in [0.4, 0.5) is 5.69 Å². The fourth-order valence-electron chi connectivity index (χ4n) is 2.04. The predicted molar refractivity (Wildman–Crippen MR) is 80.9 cm³/mol. The third kappa shape index (κ3) is 3.52. The number of esters is 1. The van der Waals surface area contributed by atoms with E-state index < -0.39 is 5.97 Å². The third-order valence-corrected chi connectivity index (χ3v) is 3.21. The van der Waals surface area contributed by atoms with Crippen molar-refractivity contribution in [2.45, 2.75) is 20.5 Å². The fraction of sp³-hybridized carbons (Fsp3) is 0.188. The Morgan fingerprint density at radius 2 is 1.80 bits per heavy atom. The lowest BCUT2D eigenvalue weighted by atomic mass is 10.1. The maximum atomic E-state index is 11.9. The third-order valence-electron chi connectivity index (χ3n) is 2.89. The molecule has 0 amide bonds. The highest BCUT2D eigenvalue weighted by Crippen LogP contribution is 2.20. The van der Waals surface area contributed by atoms with Crippen molar-refractivity contribution >= 4 is 23.3 Å². The summed E-state index contributed by atoms with van der Waals surface area (Å²) >= 11 is 5.88. The minimum Gasteiger partial charge on any atom is -0.457 e. The van der Waals surface area contributed by atoms with Gasteiger partial charge in [0, 0.05) is 0 Å². The second kappa shape index (κ2) is 5.97. The molecule has 0 fully saturated rings. The molecule has 2 aromatic carbocycles. The lowest BCUT2D eigenvalue weighted by molar-refractivity contribution is 0.0472. The van der Waals surface area contributed by atoms with E-state index in [0.29, 0.717) is 16.3 Å². The quantitative estimate of drug-likeness (QED) is 0.689. The van der Waals surface area contributed by atoms with Crippen LogP contribution in [0, 0.1) is 13.8 Å². The van der Waals surface area contributed by atoms with Crippen molar-refractivity contribution in [3.05, 3.63) is 63.7 Å². The first kappa shape index (κ1) is 14.4. The summed E-state index contributed by atoms with van der Waals surface area (Å²) in [4.78, 5) is 11.9. The van der Waals surface area contributed by atoms with Gasteiger partial charge in [0.05, 0.1) is 16.3 Å². The molecule has 3 nitrogen and oxygen atoms in total. The summed E-state index contributed by atoms with van der Waals surface area (Å²) in [6, 6.07) is 10.8. The van der Waals surface area contributed by atoms with Crippen molar-refractivity contribution < 1.29 is 9.53 Å². The molecule has 0 aromatic heterocycles. The van der Waals surface area contributed by atoms with E-state index in [-0.39, 0.29) is 6.61 Å². The zero-order chi connectivity index (χ0) is 14.7. The molecule has 20 heavy (non-hydrogen) atoms. The average molecular weight is 290 g/mol. The number of rotatable bonds is 3. The smallest absolute Gasteiger partial charge is 0.338 e. The number of anilines is 1. The summed E-state index contributed by atoms with van der Waals surface area (Å²) in [5, 5.41) is 0.353. The molecule has 2 rings (SSSR count). The van der Waals surface area contributed by atoms with Gasteiger partial charge in [0.2, 0.25) is 0 Å². The molecular weight excluding hydrogens is 274 g/mol. The van der Waals surface area contributed by atoms with Crippen molar-refractivity contribution in [2.24, 2.45) is 0 Å². The van der Waals surface area contributed by atoms with Gasteiger partial charge in [-0.15, -0.1) is 0 Å². The van der Waals surface area contributed by atoms with Gasteiger partial charge in [-0.25, -0.2) is 4.79 Å². The van der Waals surface area contributed by atoms with Gasteiger partial charge in [0.25, 0.3) is 0 Å². The molecule has 0 saturated carbocycles. The van der Waals surface area contributed by atoms with E-state index in [1.54, 1.807) is 12.1 Å². The van der Waals surface area contributed by atoms with Gasteiger partial charge in [-0.2, -0.15) is 0 Å². The summed E-state index contributed by atoms with van der Waals surface area (Å²) in [7, 11) is 0. The van der Waals surface area contributed by atoms with E-state index in [2.05, 4.69) is 6.07 Å². The molecule has 0 aliphatic carbocycles. The summed E-state index contributed by atoms with van der Waals surface area (Å²) in [6.45, 7) is 4.26. The van der Waals surface area contributed by atoms with Crippen LogP contribution >= 0.6 is 11.6 Å². The number of nitrogen functional groups attached to an aromatic ring is 1. The van der Waals surface area contributed by atoms with E-state index in [9.17, 15) is 4.79 Å². The highest BCUT2D eigenvalue weighted by atomic mass is 35.5. The number of hydrogen-bond donors (Lipinski definition) is 1. The van der Waals surface area contributed by atoms with Crippen molar-refractivity contribution in [3.8, 4) is 0 Å². The Kier molecular flexibility index (Phi) is 4.30. The van der Waals surface area contributed by atoms with Crippen molar-refractivity contribution in [1.29, 1.82) is 0 Å². The maximum absolute atomic E-state index is 11.9. The highest BCUT2D eigenvalue weighted by Gasteiger charge is 2.09. The Morgan fingerprint density at radius 1 is 1.15 bits per heavy atom. The molecule has 0 aliphatic heterocycles. The predicted octanol–water partition coefficient (Wildman–Crippen LogP) is 3.90. The van der Waals surface area contributed by atoms with Gasteiger partial charge in [0.1, 0.15) is 6.61 Å². The topological polar surface area (TPSA) is 52.3 Å². The van der Waals surface area contributed by atoms with Crippen molar-refractivity contribution in [3.63, 3.8) is 0 Å². The zero-order valence-corrected chi connectivity index (χ0v) is 12.2. The lowest BCUT2D eigenvalue weighted by Crippen LogP contribution is -2.06. The molecule has 0 radical (unpaired) electrons. The minimum atomic E-state index is -0.411. The van der Waals surface area contributed by atoms with Crippen LogP contribution in [-0.4, -0.2) is 5.97 Å². The monoisotopic (exact) mass is 289 g/mol. The molecule has 104 valence electrons. The van der Waals surface area contributed by atoms with Crippen LogP contribution in [0.15, 0.2) is 36.4 Å². The van der Waals surface area contributed by atoms with Gasteiger partial charge >= 0.3 is 5.97 Å². The standard InChI is InChI=1S/C16H16ClNO2/c1-10-5-11(2)7-12(6-10)9-20-16(19)13-3-4-15(18)14(17)8-13/h3-8H,9,18H2,1-2H3. The molecule has 4 heteroatoms. The molecule has 0 aliphatic rings. The number of aryl methyl sites for hydroxylation is 2. The Morgan fingerprint density at radius 3 is 2.40 bits per heavy atom. The molecule has 0 atom stereocenters. The number of halogens is 1. The van der Waals surface area contributed by atoms with Crippen molar-refractivity contribution in [1.82, 2.24) is 0 Å². The van der Waals surface area contributed by atoms with Crippen LogP contribution < -0.4 is 5.73 Å². The molecule has 2 aromatic rings. The Labute approximate surface area is 123 Å². The fourth-order valence-corrected chi connectivity index (χ4v) is 2.22. The van der Waals surface area contributed by atoms with Gasteiger partial charge in [-0.3, -0.25) is 0 Å². The number of carbonyl (C=O) groups excluding carboxylic acids is 1. The summed E-state index contributed by atoms with van der Waals surface area (Å²) < 4.78 is 5.28. The van der Waals surface area contributed by atoms with Crippen LogP contribution in [0.1, 0.15) is 27.0 Å². The van der Waals surface area contributed by atoms with Gasteiger partial charge in [-0.05, 0) is 37.6 Å². The minimum absolute atomic E-state index is 0.239. The zero-order valence-electron chi connectivity index (χ0n) is 11.4. The Bertz CT molecular complexity index is 633. The van der Waals surface area contributed by atoms with Gasteiger partial charge < -0.3 is 10.5 Å². The summed E-state index contributed by atoms with van der Waals surface area (Å²) in [6.07, 6.45) is 0. The SMILES string of the molecule is Cc1cc(C)cc(COC(=O)c2ccc(N)c(Cl)c2)c1. The first-order valence-electron chi connectivity index (χ1n) is 6.25. The molecule has 2 N–H and O–H groups in total. The molecular formula is C16H16ClNO2. The number of nitrogens with two attached hydrogens (primary N) is 1. The number of benzene rings is 2. The molecule has 0 unspecified atom stereocenters. The van der Waals surface area contributed by atoms with Crippen molar-refractivity contribution in [2.75, 3.05) is 5.73 Å². The second-order valence-electron chi connectivity index (χ2n) is 4.81. The maximum Gasteiger partial charge on any atom is 0.338 e. The number of hydrogen-bond acceptors (Lipinski definition) is 3. The number of carbonyl (C=O) groups is 1. The second-order valence-corrected chi connectivity index (χ2v) is 5.22. The van der Waals surface area contributed by atoms with E-state index in [1.165, 1.54) is 6.07 Å². The van der Waals surface area contributed by atoms with Gasteiger partial charge in [0.15, 0.2) is 0 Å². The van der Waals surface area contributed by atoms with Crippen LogP contribution in [-0.2, 0) is 11.3 Å². The molecule has 0 spiro atoms. The van der Waals surface area contributed by atoms with E-state index in [4.69, 9.17) is 22.1 Å². The average Bonchev–Trinajstić information content (AvgIpc) is 2.38. The molecule has 0 bridgehead atoms.